The van der Waals surface area contributed by atoms with Crippen LogP contribution in [0.4, 0.5) is 4.79 Å². The Morgan fingerprint density at radius 2 is 1.86 bits per heavy atom. The van der Waals surface area contributed by atoms with E-state index in [9.17, 15) is 4.79 Å². The number of ether oxygens (including phenoxy) is 1. The topological polar surface area (TPSA) is 38.3 Å². The van der Waals surface area contributed by atoms with Crippen LogP contribution in [0, 0.1) is 3.57 Å². The number of benzene rings is 1. The molecule has 21 heavy (non-hydrogen) atoms. The standard InChI is InChI=1S/C16H24IN2O2/c1-16(2,3)21-15(20)19(18-4)9-7-12-5-6-14(17)11-13(12)8-10-19/h5-6,11,18H,7-10H2,1-4H3/q+1. The highest BCUT2D eigenvalue weighted by Gasteiger charge is 2.41. The Morgan fingerprint density at radius 3 is 2.43 bits per heavy atom. The SMILES string of the molecule is CN[N+]1(C(=O)OC(C)(C)C)CCc2ccc(I)cc2CC1. The van der Waals surface area contributed by atoms with Crippen LogP contribution in [-0.4, -0.2) is 36.4 Å². The van der Waals surface area contributed by atoms with Crippen LogP contribution in [0.25, 0.3) is 0 Å². The molecule has 1 aromatic rings. The van der Waals surface area contributed by atoms with Crippen LogP contribution in [-0.2, 0) is 17.6 Å². The van der Waals surface area contributed by atoms with Crippen molar-refractivity contribution < 1.29 is 14.1 Å². The first kappa shape index (κ1) is 16.7. The lowest BCUT2D eigenvalue weighted by Crippen LogP contribution is -2.62. The molecule has 1 unspecified atom stereocenters. The summed E-state index contributed by atoms with van der Waals surface area (Å²) in [6.07, 6.45) is 1.57. The average molecular weight is 403 g/mol. The second-order valence-electron chi connectivity index (χ2n) is 6.53. The van der Waals surface area contributed by atoms with Crippen LogP contribution in [0.15, 0.2) is 18.2 Å². The molecule has 0 saturated heterocycles. The Balaban J connectivity index is 2.22. The largest absolute Gasteiger partial charge is 0.536 e. The van der Waals surface area contributed by atoms with Gasteiger partial charge < -0.3 is 4.74 Å². The molecule has 0 saturated carbocycles. The Kier molecular flexibility index (Phi) is 4.95. The molecule has 0 fully saturated rings. The van der Waals surface area contributed by atoms with Gasteiger partial charge in [0.05, 0.1) is 0 Å². The van der Waals surface area contributed by atoms with Gasteiger partial charge in [-0.25, -0.2) is 0 Å². The predicted molar refractivity (Wildman–Crippen MR) is 91.9 cm³/mol. The Bertz CT molecular complexity index is 540. The van der Waals surface area contributed by atoms with E-state index < -0.39 is 5.60 Å². The summed E-state index contributed by atoms with van der Waals surface area (Å²) >= 11 is 2.34. The number of carbonyl (C=O) groups excluding carboxylic acids is 1. The summed E-state index contributed by atoms with van der Waals surface area (Å²) in [5.74, 6) is 0. The van der Waals surface area contributed by atoms with Crippen molar-refractivity contribution >= 4 is 28.7 Å². The molecule has 1 aromatic carbocycles. The minimum atomic E-state index is -0.465. The number of halogens is 1. The number of quaternary nitrogens is 1. The summed E-state index contributed by atoms with van der Waals surface area (Å²) in [4.78, 5) is 12.6. The first-order valence-electron chi connectivity index (χ1n) is 7.33. The number of nitrogens with zero attached hydrogens (tertiary/aromatic N) is 1. The maximum absolute atomic E-state index is 12.6. The van der Waals surface area contributed by atoms with Crippen molar-refractivity contribution in [3.63, 3.8) is 0 Å². The molecule has 1 heterocycles. The molecule has 1 atom stereocenters. The predicted octanol–water partition coefficient (Wildman–Crippen LogP) is 3.28. The van der Waals surface area contributed by atoms with Gasteiger partial charge in [0, 0.05) is 23.5 Å². The fourth-order valence-corrected chi connectivity index (χ4v) is 3.21. The summed E-state index contributed by atoms with van der Waals surface area (Å²) in [5.41, 5.74) is 5.42. The van der Waals surface area contributed by atoms with Gasteiger partial charge in [-0.2, -0.15) is 10.2 Å². The first-order chi connectivity index (χ1) is 9.76. The molecule has 0 radical (unpaired) electrons. The summed E-state index contributed by atoms with van der Waals surface area (Å²) in [5, 5.41) is 0. The molecule has 1 amide bonds. The lowest BCUT2D eigenvalue weighted by atomic mass is 10.0. The fraction of sp³-hybridized carbons (Fsp3) is 0.562. The van der Waals surface area contributed by atoms with Crippen molar-refractivity contribution in [1.82, 2.24) is 5.43 Å². The van der Waals surface area contributed by atoms with E-state index in [0.29, 0.717) is 0 Å². The lowest BCUT2D eigenvalue weighted by Gasteiger charge is -2.33. The second kappa shape index (κ2) is 6.22. The number of hydrogen-bond donors (Lipinski definition) is 1. The van der Waals surface area contributed by atoms with E-state index >= 15 is 0 Å². The Labute approximate surface area is 140 Å². The van der Waals surface area contributed by atoms with Gasteiger partial charge in [0.2, 0.25) is 0 Å². The minimum absolute atomic E-state index is 0.183. The molecule has 1 aliphatic rings. The van der Waals surface area contributed by atoms with E-state index in [1.54, 1.807) is 0 Å². The Hall–Kier alpha value is -0.660. The summed E-state index contributed by atoms with van der Waals surface area (Å²) in [6, 6.07) is 6.54. The lowest BCUT2D eigenvalue weighted by molar-refractivity contribution is -0.899. The number of fused-ring (bicyclic) bond motifs is 1. The summed E-state index contributed by atoms with van der Waals surface area (Å²) < 4.78 is 7.05. The Morgan fingerprint density at radius 1 is 1.24 bits per heavy atom. The zero-order chi connectivity index (χ0) is 15.7. The molecule has 4 nitrogen and oxygen atoms in total. The van der Waals surface area contributed by atoms with Crippen LogP contribution in [0.2, 0.25) is 0 Å². The van der Waals surface area contributed by atoms with Gasteiger partial charge in [-0.3, -0.25) is 0 Å². The normalized spacial score (nSPS) is 22.3. The molecule has 0 bridgehead atoms. The zero-order valence-corrected chi connectivity index (χ0v) is 15.4. The van der Waals surface area contributed by atoms with E-state index in [1.165, 1.54) is 14.7 Å². The van der Waals surface area contributed by atoms with Crippen molar-refractivity contribution in [2.75, 3.05) is 20.1 Å². The van der Waals surface area contributed by atoms with Gasteiger partial charge >= 0.3 is 6.09 Å². The average Bonchev–Trinajstić information content (AvgIpc) is 2.57. The highest BCUT2D eigenvalue weighted by Crippen LogP contribution is 2.23. The molecular weight excluding hydrogens is 379 g/mol. The van der Waals surface area contributed by atoms with Gasteiger partial charge in [0.25, 0.3) is 0 Å². The number of nitrogens with one attached hydrogen (secondary N) is 1. The van der Waals surface area contributed by atoms with Gasteiger partial charge in [0.1, 0.15) is 18.7 Å². The molecule has 5 heteroatoms. The summed E-state index contributed by atoms with van der Waals surface area (Å²) in [7, 11) is 1.84. The van der Waals surface area contributed by atoms with Gasteiger partial charge in [-0.1, -0.05) is 6.07 Å². The molecular formula is C16H24IN2O2+. The third-order valence-electron chi connectivity index (χ3n) is 3.87. The van der Waals surface area contributed by atoms with Crippen molar-refractivity contribution in [3.8, 4) is 0 Å². The van der Waals surface area contributed by atoms with Crippen LogP contribution < -0.4 is 5.43 Å². The van der Waals surface area contributed by atoms with Crippen molar-refractivity contribution in [1.29, 1.82) is 0 Å². The van der Waals surface area contributed by atoms with E-state index in [1.807, 2.05) is 27.8 Å². The summed E-state index contributed by atoms with van der Waals surface area (Å²) in [6.45, 7) is 7.17. The monoisotopic (exact) mass is 403 g/mol. The van der Waals surface area contributed by atoms with Crippen LogP contribution in [0.3, 0.4) is 0 Å². The van der Waals surface area contributed by atoms with Gasteiger partial charge in [-0.05, 0) is 66.6 Å². The third-order valence-corrected chi connectivity index (χ3v) is 4.54. The quantitative estimate of drug-likeness (QED) is 0.578. The second-order valence-corrected chi connectivity index (χ2v) is 7.78. The number of amides is 1. The molecule has 1 N–H and O–H groups in total. The highest BCUT2D eigenvalue weighted by molar-refractivity contribution is 14.1. The van der Waals surface area contributed by atoms with Crippen molar-refractivity contribution in [2.24, 2.45) is 0 Å². The number of hydrogen-bond acceptors (Lipinski definition) is 3. The molecule has 116 valence electrons. The minimum Gasteiger partial charge on any atom is -0.413 e. The molecule has 0 aromatic heterocycles. The van der Waals surface area contributed by atoms with Crippen LogP contribution in [0.5, 0.6) is 0 Å². The first-order valence-corrected chi connectivity index (χ1v) is 8.40. The number of carbonyl (C=O) groups is 1. The van der Waals surface area contributed by atoms with Crippen molar-refractivity contribution in [2.45, 2.75) is 39.2 Å². The maximum atomic E-state index is 12.6. The fourth-order valence-electron chi connectivity index (χ4n) is 2.65. The van der Waals surface area contributed by atoms with E-state index in [2.05, 4.69) is 46.2 Å². The molecule has 2 rings (SSSR count). The molecule has 0 spiro atoms. The van der Waals surface area contributed by atoms with Gasteiger partial charge in [-0.15, -0.1) is 4.59 Å². The van der Waals surface area contributed by atoms with Gasteiger partial charge in [0.15, 0.2) is 0 Å². The van der Waals surface area contributed by atoms with E-state index in [0.717, 1.165) is 25.9 Å². The van der Waals surface area contributed by atoms with E-state index in [4.69, 9.17) is 4.74 Å². The maximum Gasteiger partial charge on any atom is 0.536 e. The van der Waals surface area contributed by atoms with Crippen LogP contribution in [0.1, 0.15) is 31.9 Å². The zero-order valence-electron chi connectivity index (χ0n) is 13.2. The van der Waals surface area contributed by atoms with Crippen molar-refractivity contribution in [3.05, 3.63) is 32.9 Å². The third kappa shape index (κ3) is 3.96. The molecule has 0 aliphatic carbocycles. The number of rotatable bonds is 1. The highest BCUT2D eigenvalue weighted by atomic mass is 127. The smallest absolute Gasteiger partial charge is 0.413 e. The van der Waals surface area contributed by atoms with E-state index in [-0.39, 0.29) is 10.7 Å². The molecule has 1 aliphatic heterocycles. The van der Waals surface area contributed by atoms with Crippen LogP contribution >= 0.6 is 22.6 Å².